The van der Waals surface area contributed by atoms with Crippen molar-refractivity contribution in [1.82, 2.24) is 14.9 Å². The first-order valence-electron chi connectivity index (χ1n) is 7.74. The van der Waals surface area contributed by atoms with E-state index in [1.165, 1.54) is 12.1 Å². The van der Waals surface area contributed by atoms with Crippen LogP contribution in [-0.4, -0.2) is 54.3 Å². The van der Waals surface area contributed by atoms with Crippen LogP contribution < -0.4 is 4.74 Å². The average Bonchev–Trinajstić information content (AvgIpc) is 2.56. The molecule has 1 aromatic heterocycles. The van der Waals surface area contributed by atoms with E-state index >= 15 is 0 Å². The van der Waals surface area contributed by atoms with Crippen LogP contribution in [0.3, 0.4) is 0 Å². The van der Waals surface area contributed by atoms with Gasteiger partial charge in [0.25, 0.3) is 0 Å². The molecule has 6 heteroatoms. The van der Waals surface area contributed by atoms with Gasteiger partial charge in [0.2, 0.25) is 5.88 Å². The SMILES string of the molecule is Cc1cc(F)ccc1-c1cncc(OCCN2CCOCC2)n1. The molecule has 2 aromatic rings. The molecule has 0 spiro atoms. The van der Waals surface area contributed by atoms with E-state index in [2.05, 4.69) is 14.9 Å². The number of halogens is 1. The Labute approximate surface area is 135 Å². The second kappa shape index (κ2) is 7.48. The van der Waals surface area contributed by atoms with E-state index in [1.54, 1.807) is 18.5 Å². The molecule has 0 unspecified atom stereocenters. The number of aromatic nitrogens is 2. The second-order valence-corrected chi connectivity index (χ2v) is 5.50. The number of aryl methyl sites for hydroxylation is 1. The van der Waals surface area contributed by atoms with Crippen molar-refractivity contribution in [2.24, 2.45) is 0 Å². The van der Waals surface area contributed by atoms with Gasteiger partial charge in [-0.15, -0.1) is 0 Å². The molecule has 1 fully saturated rings. The molecule has 122 valence electrons. The molecule has 0 saturated carbocycles. The van der Waals surface area contributed by atoms with Crippen LogP contribution in [0.1, 0.15) is 5.56 Å². The van der Waals surface area contributed by atoms with Crippen LogP contribution in [0, 0.1) is 12.7 Å². The molecule has 0 aliphatic carbocycles. The minimum absolute atomic E-state index is 0.253. The van der Waals surface area contributed by atoms with E-state index in [9.17, 15) is 4.39 Å². The highest BCUT2D eigenvalue weighted by atomic mass is 19.1. The molecule has 1 aliphatic rings. The summed E-state index contributed by atoms with van der Waals surface area (Å²) in [6, 6.07) is 4.63. The van der Waals surface area contributed by atoms with Gasteiger partial charge in [0.15, 0.2) is 0 Å². The molecule has 1 aromatic carbocycles. The Morgan fingerprint density at radius 3 is 2.87 bits per heavy atom. The number of ether oxygens (including phenoxy) is 2. The summed E-state index contributed by atoms with van der Waals surface area (Å²) in [5, 5.41) is 0. The van der Waals surface area contributed by atoms with Crippen molar-refractivity contribution in [3.63, 3.8) is 0 Å². The van der Waals surface area contributed by atoms with E-state index in [0.29, 0.717) is 18.2 Å². The van der Waals surface area contributed by atoms with Crippen molar-refractivity contribution in [2.45, 2.75) is 6.92 Å². The molecule has 0 radical (unpaired) electrons. The zero-order chi connectivity index (χ0) is 16.1. The first kappa shape index (κ1) is 15.8. The summed E-state index contributed by atoms with van der Waals surface area (Å²) in [6.45, 7) is 6.67. The molecule has 1 aliphatic heterocycles. The Morgan fingerprint density at radius 1 is 1.26 bits per heavy atom. The van der Waals surface area contributed by atoms with Gasteiger partial charge in [-0.2, -0.15) is 0 Å². The van der Waals surface area contributed by atoms with Crippen LogP contribution in [0.5, 0.6) is 5.88 Å². The Bertz CT molecular complexity index is 660. The van der Waals surface area contributed by atoms with Gasteiger partial charge >= 0.3 is 0 Å². The van der Waals surface area contributed by atoms with E-state index in [0.717, 1.165) is 44.0 Å². The van der Waals surface area contributed by atoms with Gasteiger partial charge in [-0.3, -0.25) is 9.88 Å². The molecule has 3 rings (SSSR count). The number of morpholine rings is 1. The molecule has 0 atom stereocenters. The molecule has 5 nitrogen and oxygen atoms in total. The first-order valence-corrected chi connectivity index (χ1v) is 7.74. The predicted molar refractivity (Wildman–Crippen MR) is 84.9 cm³/mol. The van der Waals surface area contributed by atoms with Crippen LogP contribution in [0.4, 0.5) is 4.39 Å². The van der Waals surface area contributed by atoms with Crippen molar-refractivity contribution in [3.05, 3.63) is 42.0 Å². The Morgan fingerprint density at radius 2 is 2.09 bits per heavy atom. The zero-order valence-corrected chi connectivity index (χ0v) is 13.2. The predicted octanol–water partition coefficient (Wildman–Crippen LogP) is 2.30. The molecule has 1 saturated heterocycles. The Kier molecular flexibility index (Phi) is 5.15. The van der Waals surface area contributed by atoms with Gasteiger partial charge in [-0.1, -0.05) is 0 Å². The standard InChI is InChI=1S/C17H20FN3O2/c1-13-10-14(18)2-3-15(13)16-11-19-12-17(20-16)23-9-6-21-4-7-22-8-5-21/h2-3,10-12H,4-9H2,1H3. The maximum absolute atomic E-state index is 13.2. The first-order chi connectivity index (χ1) is 11.2. The third-order valence-electron chi connectivity index (χ3n) is 3.84. The lowest BCUT2D eigenvalue weighted by Gasteiger charge is -2.26. The molecule has 23 heavy (non-hydrogen) atoms. The molecular formula is C17H20FN3O2. The summed E-state index contributed by atoms with van der Waals surface area (Å²) in [7, 11) is 0. The van der Waals surface area contributed by atoms with Crippen molar-refractivity contribution in [2.75, 3.05) is 39.5 Å². The summed E-state index contributed by atoms with van der Waals surface area (Å²) >= 11 is 0. The monoisotopic (exact) mass is 317 g/mol. The van der Waals surface area contributed by atoms with Crippen molar-refractivity contribution < 1.29 is 13.9 Å². The Balaban J connectivity index is 1.62. The topological polar surface area (TPSA) is 47.5 Å². The number of hydrogen-bond donors (Lipinski definition) is 0. The highest BCUT2D eigenvalue weighted by Crippen LogP contribution is 2.23. The van der Waals surface area contributed by atoms with Crippen LogP contribution >= 0.6 is 0 Å². The lowest BCUT2D eigenvalue weighted by molar-refractivity contribution is 0.0320. The zero-order valence-electron chi connectivity index (χ0n) is 13.2. The van der Waals surface area contributed by atoms with Crippen LogP contribution in [0.25, 0.3) is 11.3 Å². The third kappa shape index (κ3) is 4.24. The highest BCUT2D eigenvalue weighted by molar-refractivity contribution is 5.62. The molecule has 2 heterocycles. The molecule has 0 amide bonds. The third-order valence-corrected chi connectivity index (χ3v) is 3.84. The van der Waals surface area contributed by atoms with E-state index in [1.807, 2.05) is 6.92 Å². The minimum Gasteiger partial charge on any atom is -0.475 e. The number of rotatable bonds is 5. The summed E-state index contributed by atoms with van der Waals surface area (Å²) in [6.07, 6.45) is 3.26. The minimum atomic E-state index is -0.253. The van der Waals surface area contributed by atoms with Crippen LogP contribution in [-0.2, 0) is 4.74 Å². The number of hydrogen-bond acceptors (Lipinski definition) is 5. The van der Waals surface area contributed by atoms with Gasteiger partial charge in [-0.25, -0.2) is 9.37 Å². The average molecular weight is 317 g/mol. The van der Waals surface area contributed by atoms with Crippen LogP contribution in [0.2, 0.25) is 0 Å². The van der Waals surface area contributed by atoms with Gasteiger partial charge in [0, 0.05) is 25.2 Å². The van der Waals surface area contributed by atoms with E-state index in [4.69, 9.17) is 9.47 Å². The summed E-state index contributed by atoms with van der Waals surface area (Å²) in [4.78, 5) is 10.9. The van der Waals surface area contributed by atoms with Crippen LogP contribution in [0.15, 0.2) is 30.6 Å². The van der Waals surface area contributed by atoms with Gasteiger partial charge in [0.05, 0.1) is 31.3 Å². The van der Waals surface area contributed by atoms with Crippen molar-refractivity contribution in [1.29, 1.82) is 0 Å². The fourth-order valence-corrected chi connectivity index (χ4v) is 2.57. The Hall–Kier alpha value is -2.05. The summed E-state index contributed by atoms with van der Waals surface area (Å²) in [5.41, 5.74) is 2.37. The van der Waals surface area contributed by atoms with Crippen molar-refractivity contribution in [3.8, 4) is 17.1 Å². The van der Waals surface area contributed by atoms with Gasteiger partial charge in [0.1, 0.15) is 12.4 Å². The lowest BCUT2D eigenvalue weighted by atomic mass is 10.1. The van der Waals surface area contributed by atoms with Gasteiger partial charge in [-0.05, 0) is 30.7 Å². The number of nitrogens with zero attached hydrogens (tertiary/aromatic N) is 3. The fourth-order valence-electron chi connectivity index (χ4n) is 2.57. The summed E-state index contributed by atoms with van der Waals surface area (Å²) in [5.74, 6) is 0.233. The maximum Gasteiger partial charge on any atom is 0.232 e. The van der Waals surface area contributed by atoms with E-state index in [-0.39, 0.29) is 5.82 Å². The van der Waals surface area contributed by atoms with E-state index < -0.39 is 0 Å². The molecule has 0 bridgehead atoms. The highest BCUT2D eigenvalue weighted by Gasteiger charge is 2.11. The van der Waals surface area contributed by atoms with Crippen molar-refractivity contribution >= 4 is 0 Å². The second-order valence-electron chi connectivity index (χ2n) is 5.50. The quantitative estimate of drug-likeness (QED) is 0.847. The smallest absolute Gasteiger partial charge is 0.232 e. The molecular weight excluding hydrogens is 297 g/mol. The maximum atomic E-state index is 13.2. The lowest BCUT2D eigenvalue weighted by Crippen LogP contribution is -2.38. The normalized spacial score (nSPS) is 15.6. The fraction of sp³-hybridized carbons (Fsp3) is 0.412. The number of benzene rings is 1. The largest absolute Gasteiger partial charge is 0.475 e. The summed E-state index contributed by atoms with van der Waals surface area (Å²) < 4.78 is 24.2. The molecule has 0 N–H and O–H groups in total. The van der Waals surface area contributed by atoms with Gasteiger partial charge < -0.3 is 9.47 Å².